The number of amides is 1. The first-order valence-electron chi connectivity index (χ1n) is 10.1. The standard InChI is InChI=1S/C24H25N3O4/c1-26(2)11-12-27-21(15-7-6-8-16(13-15)31-3)20(23(29)24(27)30)22(28)18-14-25-19-10-5-4-9-17(18)19/h4-10,13-14,21,25,28H,11-12H2,1-3H3/t21-/m1/s1. The molecule has 1 saturated heterocycles. The number of fused-ring (bicyclic) bond motifs is 1. The van der Waals surface area contributed by atoms with Crippen LogP contribution in [0.2, 0.25) is 0 Å². The molecule has 1 atom stereocenters. The fraction of sp³-hybridized carbons (Fsp3) is 0.250. The van der Waals surface area contributed by atoms with E-state index in [9.17, 15) is 14.7 Å². The van der Waals surface area contributed by atoms with Crippen molar-refractivity contribution >= 4 is 28.4 Å². The molecule has 1 aliphatic rings. The number of likely N-dealkylation sites (N-methyl/N-ethyl adjacent to an activating group) is 1. The molecule has 7 heteroatoms. The topological polar surface area (TPSA) is 85.9 Å². The summed E-state index contributed by atoms with van der Waals surface area (Å²) in [5, 5.41) is 12.0. The average molecular weight is 419 g/mol. The van der Waals surface area contributed by atoms with Gasteiger partial charge in [0.15, 0.2) is 0 Å². The van der Waals surface area contributed by atoms with E-state index >= 15 is 0 Å². The Hall–Kier alpha value is -3.58. The van der Waals surface area contributed by atoms with E-state index < -0.39 is 17.7 Å². The predicted molar refractivity (Wildman–Crippen MR) is 119 cm³/mol. The molecule has 160 valence electrons. The number of ketones is 1. The van der Waals surface area contributed by atoms with Crippen LogP contribution in [0.1, 0.15) is 17.2 Å². The Kier molecular flexibility index (Phi) is 5.52. The lowest BCUT2D eigenvalue weighted by molar-refractivity contribution is -0.140. The van der Waals surface area contributed by atoms with E-state index in [0.717, 1.165) is 10.9 Å². The second kappa shape index (κ2) is 8.28. The van der Waals surface area contributed by atoms with E-state index in [0.29, 0.717) is 30.0 Å². The summed E-state index contributed by atoms with van der Waals surface area (Å²) in [5.74, 6) is -0.871. The largest absolute Gasteiger partial charge is 0.507 e. The molecule has 0 aliphatic carbocycles. The Morgan fingerprint density at radius 3 is 2.68 bits per heavy atom. The van der Waals surface area contributed by atoms with Gasteiger partial charge in [0, 0.05) is 35.8 Å². The second-order valence-electron chi connectivity index (χ2n) is 7.82. The molecule has 3 aromatic rings. The van der Waals surface area contributed by atoms with Gasteiger partial charge in [0.2, 0.25) is 0 Å². The molecule has 7 nitrogen and oxygen atoms in total. The predicted octanol–water partition coefficient (Wildman–Crippen LogP) is 3.16. The minimum atomic E-state index is -0.705. The summed E-state index contributed by atoms with van der Waals surface area (Å²) in [6, 6.07) is 14.0. The van der Waals surface area contributed by atoms with Crippen molar-refractivity contribution in [3.05, 3.63) is 71.4 Å². The fourth-order valence-electron chi connectivity index (χ4n) is 3.99. The third kappa shape index (κ3) is 3.68. The van der Waals surface area contributed by atoms with E-state index in [1.807, 2.05) is 55.4 Å². The van der Waals surface area contributed by atoms with Crippen LogP contribution in [-0.2, 0) is 9.59 Å². The van der Waals surface area contributed by atoms with Crippen molar-refractivity contribution in [2.75, 3.05) is 34.3 Å². The Balaban J connectivity index is 1.90. The summed E-state index contributed by atoms with van der Waals surface area (Å²) < 4.78 is 5.35. The molecular weight excluding hydrogens is 394 g/mol. The van der Waals surface area contributed by atoms with Crippen molar-refractivity contribution in [2.24, 2.45) is 0 Å². The quantitative estimate of drug-likeness (QED) is 0.364. The van der Waals surface area contributed by atoms with Gasteiger partial charge in [-0.3, -0.25) is 9.59 Å². The zero-order chi connectivity index (χ0) is 22.1. The Bertz CT molecular complexity index is 1180. The molecule has 1 fully saturated rings. The maximum absolute atomic E-state index is 13.1. The number of hydrogen-bond acceptors (Lipinski definition) is 5. The number of benzene rings is 2. The van der Waals surface area contributed by atoms with E-state index in [1.54, 1.807) is 25.4 Å². The number of ether oxygens (including phenoxy) is 1. The van der Waals surface area contributed by atoms with Crippen molar-refractivity contribution < 1.29 is 19.4 Å². The van der Waals surface area contributed by atoms with Gasteiger partial charge in [-0.05, 0) is 37.9 Å². The summed E-state index contributed by atoms with van der Waals surface area (Å²) in [6.07, 6.45) is 1.66. The van der Waals surface area contributed by atoms with E-state index in [-0.39, 0.29) is 11.3 Å². The zero-order valence-electron chi connectivity index (χ0n) is 17.8. The van der Waals surface area contributed by atoms with Gasteiger partial charge in [0.1, 0.15) is 11.5 Å². The summed E-state index contributed by atoms with van der Waals surface area (Å²) in [5.41, 5.74) is 2.12. The summed E-state index contributed by atoms with van der Waals surface area (Å²) in [7, 11) is 5.38. The molecule has 0 unspecified atom stereocenters. The molecule has 31 heavy (non-hydrogen) atoms. The number of aliphatic hydroxyl groups is 1. The van der Waals surface area contributed by atoms with Gasteiger partial charge in [0.05, 0.1) is 18.7 Å². The Morgan fingerprint density at radius 2 is 1.94 bits per heavy atom. The first-order valence-corrected chi connectivity index (χ1v) is 10.1. The van der Waals surface area contributed by atoms with Gasteiger partial charge in [-0.25, -0.2) is 0 Å². The molecule has 0 bridgehead atoms. The van der Waals surface area contributed by atoms with E-state index in [4.69, 9.17) is 4.74 Å². The number of aliphatic hydroxyl groups excluding tert-OH is 1. The van der Waals surface area contributed by atoms with Crippen LogP contribution < -0.4 is 4.74 Å². The lowest BCUT2D eigenvalue weighted by Gasteiger charge is -2.26. The first kappa shape index (κ1) is 20.7. The highest BCUT2D eigenvalue weighted by Gasteiger charge is 2.46. The number of aromatic amines is 1. The third-order valence-electron chi connectivity index (χ3n) is 5.58. The lowest BCUT2D eigenvalue weighted by atomic mass is 9.95. The number of para-hydroxylation sites is 1. The van der Waals surface area contributed by atoms with Gasteiger partial charge < -0.3 is 24.6 Å². The molecule has 2 aromatic carbocycles. The molecule has 1 amide bonds. The SMILES string of the molecule is COc1cccc([C@@H]2C(=C(O)c3c[nH]c4ccccc34)C(=O)C(=O)N2CCN(C)C)c1. The lowest BCUT2D eigenvalue weighted by Crippen LogP contribution is -2.35. The molecule has 2 N–H and O–H groups in total. The number of Topliss-reactive ketones (excluding diaryl/α,β-unsaturated/α-hetero) is 1. The number of hydrogen-bond donors (Lipinski definition) is 2. The monoisotopic (exact) mass is 419 g/mol. The Morgan fingerprint density at radius 1 is 1.16 bits per heavy atom. The second-order valence-corrected chi connectivity index (χ2v) is 7.82. The van der Waals surface area contributed by atoms with Crippen molar-refractivity contribution in [1.82, 2.24) is 14.8 Å². The number of likely N-dealkylation sites (tertiary alicyclic amines) is 1. The van der Waals surface area contributed by atoms with Crippen LogP contribution in [0.25, 0.3) is 16.7 Å². The highest BCUT2D eigenvalue weighted by Crippen LogP contribution is 2.41. The van der Waals surface area contributed by atoms with Crippen LogP contribution in [0.3, 0.4) is 0 Å². The molecule has 0 saturated carbocycles. The number of carbonyl (C=O) groups excluding carboxylic acids is 2. The molecule has 4 rings (SSSR count). The van der Waals surface area contributed by atoms with Crippen LogP contribution in [0.4, 0.5) is 0 Å². The van der Waals surface area contributed by atoms with Crippen LogP contribution in [0.15, 0.2) is 60.3 Å². The number of methoxy groups -OCH3 is 1. The minimum Gasteiger partial charge on any atom is -0.507 e. The molecule has 0 radical (unpaired) electrons. The van der Waals surface area contributed by atoms with Gasteiger partial charge in [-0.2, -0.15) is 0 Å². The fourth-order valence-corrected chi connectivity index (χ4v) is 3.99. The number of aromatic nitrogens is 1. The number of carbonyl (C=O) groups is 2. The molecule has 0 spiro atoms. The molecular formula is C24H25N3O4. The van der Waals surface area contributed by atoms with Gasteiger partial charge in [-0.15, -0.1) is 0 Å². The van der Waals surface area contributed by atoms with Gasteiger partial charge >= 0.3 is 0 Å². The number of rotatable bonds is 6. The Labute approximate surface area is 180 Å². The van der Waals surface area contributed by atoms with Gasteiger partial charge in [-0.1, -0.05) is 30.3 Å². The van der Waals surface area contributed by atoms with Crippen LogP contribution in [0, 0.1) is 0 Å². The molecule has 2 heterocycles. The van der Waals surface area contributed by atoms with Crippen molar-refractivity contribution in [1.29, 1.82) is 0 Å². The van der Waals surface area contributed by atoms with E-state index in [1.165, 1.54) is 4.90 Å². The highest BCUT2D eigenvalue weighted by atomic mass is 16.5. The van der Waals surface area contributed by atoms with Crippen molar-refractivity contribution in [2.45, 2.75) is 6.04 Å². The number of H-pyrrole nitrogens is 1. The van der Waals surface area contributed by atoms with Crippen LogP contribution in [-0.4, -0.2) is 65.9 Å². The summed E-state index contributed by atoms with van der Waals surface area (Å²) in [6.45, 7) is 0.935. The zero-order valence-corrected chi connectivity index (χ0v) is 17.8. The van der Waals surface area contributed by atoms with Crippen molar-refractivity contribution in [3.63, 3.8) is 0 Å². The smallest absolute Gasteiger partial charge is 0.295 e. The molecule has 1 aliphatic heterocycles. The van der Waals surface area contributed by atoms with Crippen LogP contribution in [0.5, 0.6) is 5.75 Å². The highest BCUT2D eigenvalue weighted by molar-refractivity contribution is 6.46. The van der Waals surface area contributed by atoms with E-state index in [2.05, 4.69) is 4.98 Å². The maximum atomic E-state index is 13.1. The normalized spacial score (nSPS) is 18.3. The van der Waals surface area contributed by atoms with Gasteiger partial charge in [0.25, 0.3) is 11.7 Å². The third-order valence-corrected chi connectivity index (χ3v) is 5.58. The molecule has 1 aromatic heterocycles. The summed E-state index contributed by atoms with van der Waals surface area (Å²) in [4.78, 5) is 32.7. The minimum absolute atomic E-state index is 0.0850. The first-order chi connectivity index (χ1) is 14.9. The summed E-state index contributed by atoms with van der Waals surface area (Å²) >= 11 is 0. The average Bonchev–Trinajstić information content (AvgIpc) is 3.31. The van der Waals surface area contributed by atoms with Crippen molar-refractivity contribution in [3.8, 4) is 5.75 Å². The maximum Gasteiger partial charge on any atom is 0.295 e. The number of nitrogens with zero attached hydrogens (tertiary/aromatic N) is 2. The van der Waals surface area contributed by atoms with Crippen LogP contribution >= 0.6 is 0 Å². The number of nitrogens with one attached hydrogen (secondary N) is 1.